The average molecular weight is 594 g/mol. The Hall–Kier alpha value is -3.20. The van der Waals surface area contributed by atoms with Gasteiger partial charge in [0.05, 0.1) is 24.9 Å². The molecule has 9 heteroatoms. The normalized spacial score (nSPS) is 23.8. The number of halogens is 1. The summed E-state index contributed by atoms with van der Waals surface area (Å²) in [6.45, 7) is 3.23. The third-order valence-electron chi connectivity index (χ3n) is 8.90. The molecule has 5 rings (SSSR count). The summed E-state index contributed by atoms with van der Waals surface area (Å²) in [6, 6.07) is 12.6. The first kappa shape index (κ1) is 30.3. The molecule has 8 nitrogen and oxygen atoms in total. The van der Waals surface area contributed by atoms with Crippen LogP contribution in [0.1, 0.15) is 69.4 Å². The van der Waals surface area contributed by atoms with Gasteiger partial charge in [-0.15, -0.1) is 0 Å². The molecule has 2 aromatic rings. The van der Waals surface area contributed by atoms with Crippen molar-refractivity contribution in [1.82, 2.24) is 4.90 Å². The minimum atomic E-state index is -1.86. The Kier molecular flexibility index (Phi) is 9.35. The number of aliphatic hydroxyl groups is 2. The second-order valence-electron chi connectivity index (χ2n) is 11.7. The lowest BCUT2D eigenvalue weighted by atomic mass is 9.83. The predicted molar refractivity (Wildman–Crippen MR) is 163 cm³/mol. The second-order valence-corrected chi connectivity index (χ2v) is 12.1. The first-order valence-corrected chi connectivity index (χ1v) is 15.4. The van der Waals surface area contributed by atoms with Gasteiger partial charge in [-0.25, -0.2) is 0 Å². The monoisotopic (exact) mass is 593 g/mol. The number of carbonyl (C=O) groups excluding carboxylic acids is 3. The number of aliphatic hydroxyl groups excluding tert-OH is 1. The molecule has 3 heterocycles. The number of hydrogen-bond acceptors (Lipinski definition) is 5. The lowest BCUT2D eigenvalue weighted by Gasteiger charge is -2.28. The van der Waals surface area contributed by atoms with Gasteiger partial charge in [-0.3, -0.25) is 14.4 Å². The van der Waals surface area contributed by atoms with Gasteiger partial charge in [0, 0.05) is 48.1 Å². The van der Waals surface area contributed by atoms with Gasteiger partial charge in [0.25, 0.3) is 5.91 Å². The van der Waals surface area contributed by atoms with Crippen LogP contribution < -0.4 is 9.80 Å². The van der Waals surface area contributed by atoms with Crippen molar-refractivity contribution >= 4 is 40.7 Å². The zero-order valence-corrected chi connectivity index (χ0v) is 24.9. The summed E-state index contributed by atoms with van der Waals surface area (Å²) in [4.78, 5) is 44.7. The van der Waals surface area contributed by atoms with E-state index in [0.29, 0.717) is 35.8 Å². The number of rotatable bonds is 8. The van der Waals surface area contributed by atoms with Crippen LogP contribution in [0.25, 0.3) is 0 Å². The minimum Gasteiger partial charge on any atom is -0.394 e. The van der Waals surface area contributed by atoms with E-state index in [0.717, 1.165) is 49.8 Å². The zero-order valence-electron chi connectivity index (χ0n) is 24.2. The molecule has 0 aliphatic carbocycles. The van der Waals surface area contributed by atoms with E-state index in [1.807, 2.05) is 29.2 Å². The summed E-state index contributed by atoms with van der Waals surface area (Å²) in [5.41, 5.74) is 0.813. The zero-order chi connectivity index (χ0) is 29.9. The fraction of sp³-hybridized carbons (Fsp3) is 0.485. The molecule has 0 saturated carbocycles. The lowest BCUT2D eigenvalue weighted by molar-refractivity contribution is -0.139. The Morgan fingerprint density at radius 3 is 2.71 bits per heavy atom. The van der Waals surface area contributed by atoms with Crippen LogP contribution in [0, 0.1) is 5.92 Å². The molecule has 3 atom stereocenters. The number of nitrogens with zero attached hydrogens (tertiary/aromatic N) is 3. The third kappa shape index (κ3) is 5.98. The molecule has 3 aliphatic rings. The van der Waals surface area contributed by atoms with Crippen LogP contribution in [0.2, 0.25) is 5.02 Å². The first-order chi connectivity index (χ1) is 20.2. The van der Waals surface area contributed by atoms with E-state index in [4.69, 9.17) is 11.6 Å². The Morgan fingerprint density at radius 1 is 1.10 bits per heavy atom. The van der Waals surface area contributed by atoms with Crippen molar-refractivity contribution in [3.05, 3.63) is 70.8 Å². The molecule has 2 saturated heterocycles. The Bertz CT molecular complexity index is 1360. The van der Waals surface area contributed by atoms with Crippen LogP contribution in [-0.4, -0.2) is 58.6 Å². The average Bonchev–Trinajstić information content (AvgIpc) is 3.53. The SMILES string of the molecule is C[C@H](/C=C/CC(=O)N1CCC[C@H]1CO)[C@@]1(O)C(=O)N(Cc2cccc(N3CCCCCCC3=O)c2)c2ccc(Cl)cc21. The molecule has 3 aliphatic heterocycles. The fourth-order valence-corrected chi connectivity index (χ4v) is 6.67. The van der Waals surface area contributed by atoms with E-state index in [1.165, 1.54) is 0 Å². The molecule has 2 fully saturated rings. The molecule has 2 N–H and O–H groups in total. The summed E-state index contributed by atoms with van der Waals surface area (Å²) in [5.74, 6) is -1.06. The number of amides is 3. The summed E-state index contributed by atoms with van der Waals surface area (Å²) >= 11 is 6.34. The third-order valence-corrected chi connectivity index (χ3v) is 9.14. The van der Waals surface area contributed by atoms with Crippen LogP contribution in [-0.2, 0) is 26.5 Å². The quantitative estimate of drug-likeness (QED) is 0.422. The van der Waals surface area contributed by atoms with Gasteiger partial charge in [0.15, 0.2) is 5.60 Å². The first-order valence-electron chi connectivity index (χ1n) is 15.0. The number of anilines is 2. The summed E-state index contributed by atoms with van der Waals surface area (Å²) in [6.07, 6.45) is 9.77. The van der Waals surface area contributed by atoms with Crippen molar-refractivity contribution in [3.63, 3.8) is 0 Å². The maximum absolute atomic E-state index is 14.0. The number of benzene rings is 2. The van der Waals surface area contributed by atoms with E-state index in [-0.39, 0.29) is 37.4 Å². The highest BCUT2D eigenvalue weighted by Gasteiger charge is 2.52. The minimum absolute atomic E-state index is 0.0509. The maximum atomic E-state index is 14.0. The molecule has 0 bridgehead atoms. The van der Waals surface area contributed by atoms with E-state index in [9.17, 15) is 24.6 Å². The largest absolute Gasteiger partial charge is 0.394 e. The molecule has 3 amide bonds. The molecule has 0 radical (unpaired) electrons. The van der Waals surface area contributed by atoms with Crippen LogP contribution in [0.4, 0.5) is 11.4 Å². The van der Waals surface area contributed by atoms with Crippen molar-refractivity contribution in [2.24, 2.45) is 5.92 Å². The summed E-state index contributed by atoms with van der Waals surface area (Å²) in [5, 5.41) is 21.9. The van der Waals surface area contributed by atoms with E-state index >= 15 is 0 Å². The van der Waals surface area contributed by atoms with Gasteiger partial charge in [0.1, 0.15) is 0 Å². The van der Waals surface area contributed by atoms with Crippen molar-refractivity contribution in [3.8, 4) is 0 Å². The van der Waals surface area contributed by atoms with Crippen molar-refractivity contribution < 1.29 is 24.6 Å². The Labute approximate surface area is 252 Å². The molecule has 0 aromatic heterocycles. The van der Waals surface area contributed by atoms with Crippen LogP contribution in [0.3, 0.4) is 0 Å². The summed E-state index contributed by atoms with van der Waals surface area (Å²) in [7, 11) is 0. The van der Waals surface area contributed by atoms with Gasteiger partial charge in [-0.2, -0.15) is 0 Å². The van der Waals surface area contributed by atoms with E-state index in [1.54, 1.807) is 47.1 Å². The maximum Gasteiger partial charge on any atom is 0.264 e. The molecule has 0 spiro atoms. The van der Waals surface area contributed by atoms with Gasteiger partial charge in [0.2, 0.25) is 11.8 Å². The molecular weight excluding hydrogens is 554 g/mol. The summed E-state index contributed by atoms with van der Waals surface area (Å²) < 4.78 is 0. The van der Waals surface area contributed by atoms with Gasteiger partial charge in [-0.05, 0) is 61.6 Å². The number of carbonyl (C=O) groups is 3. The highest BCUT2D eigenvalue weighted by Crippen LogP contribution is 2.47. The molecule has 2 aromatic carbocycles. The van der Waals surface area contributed by atoms with Crippen molar-refractivity contribution in [2.75, 3.05) is 29.5 Å². The van der Waals surface area contributed by atoms with E-state index < -0.39 is 17.4 Å². The molecular formula is C33H40ClN3O5. The molecule has 0 unspecified atom stereocenters. The van der Waals surface area contributed by atoms with Gasteiger partial charge >= 0.3 is 0 Å². The smallest absolute Gasteiger partial charge is 0.264 e. The highest BCUT2D eigenvalue weighted by molar-refractivity contribution is 6.31. The van der Waals surface area contributed by atoms with Crippen LogP contribution in [0.5, 0.6) is 0 Å². The van der Waals surface area contributed by atoms with Crippen molar-refractivity contribution in [2.45, 2.75) is 76.5 Å². The standard InChI is InChI=1S/C33H40ClN3O5/c1-23(9-6-14-31(40)36-18-8-12-27(36)22-38)33(42)28-20-25(34)15-16-29(28)37(32(33)41)21-24-10-7-11-26(19-24)35-17-5-3-2-4-13-30(35)39/h6-7,9-11,15-16,19-20,23,27,38,42H,2-5,8,12-14,17-18,21-22H2,1H3/b9-6+/t23-,27+,33+/m1/s1. The molecule has 224 valence electrons. The van der Waals surface area contributed by atoms with Gasteiger partial charge in [-0.1, -0.05) is 55.7 Å². The van der Waals surface area contributed by atoms with E-state index in [2.05, 4.69) is 0 Å². The Balaban J connectivity index is 1.36. The highest BCUT2D eigenvalue weighted by atomic mass is 35.5. The second kappa shape index (κ2) is 13.0. The van der Waals surface area contributed by atoms with Crippen LogP contribution in [0.15, 0.2) is 54.6 Å². The predicted octanol–water partition coefficient (Wildman–Crippen LogP) is 4.94. The van der Waals surface area contributed by atoms with Crippen molar-refractivity contribution in [1.29, 1.82) is 0 Å². The number of likely N-dealkylation sites (tertiary alicyclic amines) is 1. The van der Waals surface area contributed by atoms with Gasteiger partial charge < -0.3 is 24.9 Å². The van der Waals surface area contributed by atoms with Crippen LogP contribution >= 0.6 is 11.6 Å². The topological polar surface area (TPSA) is 101 Å². The lowest BCUT2D eigenvalue weighted by Crippen LogP contribution is -2.44. The Morgan fingerprint density at radius 2 is 1.90 bits per heavy atom. The number of fused-ring (bicyclic) bond motifs is 1. The number of hydrogen-bond donors (Lipinski definition) is 2. The molecule has 42 heavy (non-hydrogen) atoms. The fourth-order valence-electron chi connectivity index (χ4n) is 6.50.